The first-order valence-electron chi connectivity index (χ1n) is 10.2. The molecule has 0 aliphatic heterocycles. The van der Waals surface area contributed by atoms with Gasteiger partial charge in [0.2, 0.25) is 0 Å². The third-order valence-corrected chi connectivity index (χ3v) is 13.0. The summed E-state index contributed by atoms with van der Waals surface area (Å²) in [5.41, 5.74) is -1.79. The normalized spacial score (nSPS) is 15.3. The van der Waals surface area contributed by atoms with Crippen molar-refractivity contribution in [1.82, 2.24) is 0 Å². The van der Waals surface area contributed by atoms with Gasteiger partial charge < -0.3 is 0 Å². The fraction of sp³-hybridized carbons (Fsp3) is 0.111. The van der Waals surface area contributed by atoms with Crippen molar-refractivity contribution in [3.8, 4) is 0 Å². The molecule has 2 aromatic rings. The number of benzene rings is 2. The average molecular weight is 731 g/mol. The van der Waals surface area contributed by atoms with Crippen molar-refractivity contribution in [3.05, 3.63) is 83.9 Å². The van der Waals surface area contributed by atoms with Crippen LogP contribution in [-0.2, 0) is 65.4 Å². The molecule has 2 aromatic carbocycles. The zero-order chi connectivity index (χ0) is 33.5. The Morgan fingerprint density at radius 2 is 0.698 bits per heavy atom. The van der Waals surface area contributed by atoms with Gasteiger partial charge >= 0.3 is 49.0 Å². The summed E-state index contributed by atoms with van der Waals surface area (Å²) in [4.78, 5) is -3.91. The van der Waals surface area contributed by atoms with Crippen molar-refractivity contribution >= 4 is 70.5 Å². The monoisotopic (exact) mass is 730 g/mol. The SMILES string of the molecule is O=S(=O)(O)C(=CC(OC(C=C(c1ccccc1)S(=O)(=O)O)(S(=O)(=O)O)S(=O)(=O)O)(S(=O)(=O)O)S(=O)(=O)O)c1ccccc1. The lowest BCUT2D eigenvalue weighted by Crippen LogP contribution is -2.58. The van der Waals surface area contributed by atoms with Gasteiger partial charge in [-0.05, 0) is 11.1 Å². The molecular weight excluding hydrogens is 713 g/mol. The fourth-order valence-electron chi connectivity index (χ4n) is 3.17. The van der Waals surface area contributed by atoms with E-state index in [1.807, 2.05) is 0 Å². The van der Waals surface area contributed by atoms with E-state index in [0.717, 1.165) is 24.3 Å². The Bertz CT molecular complexity index is 1900. The molecule has 2 rings (SSSR count). The molecular formula is C18H18O19S6. The maximum absolute atomic E-state index is 12.5. The van der Waals surface area contributed by atoms with Crippen LogP contribution in [0.4, 0.5) is 0 Å². The Morgan fingerprint density at radius 1 is 0.465 bits per heavy atom. The van der Waals surface area contributed by atoms with Crippen molar-refractivity contribution in [2.24, 2.45) is 0 Å². The van der Waals surface area contributed by atoms with Crippen LogP contribution in [-0.4, -0.2) is 86.4 Å². The second-order valence-electron chi connectivity index (χ2n) is 7.91. The predicted octanol–water partition coefficient (Wildman–Crippen LogP) is -0.280. The van der Waals surface area contributed by atoms with E-state index < -0.39 is 102 Å². The van der Waals surface area contributed by atoms with Crippen LogP contribution in [0, 0.1) is 0 Å². The van der Waals surface area contributed by atoms with Gasteiger partial charge in [0, 0.05) is 12.2 Å². The number of rotatable bonds is 12. The minimum atomic E-state index is -7.04. The summed E-state index contributed by atoms with van der Waals surface area (Å²) in [6.45, 7) is 0. The van der Waals surface area contributed by atoms with Crippen LogP contribution in [0.15, 0.2) is 72.8 Å². The Kier molecular flexibility index (Phi) is 9.93. The van der Waals surface area contributed by atoms with Crippen molar-refractivity contribution < 1.29 is 82.6 Å². The van der Waals surface area contributed by atoms with Crippen molar-refractivity contribution in [3.63, 3.8) is 0 Å². The summed E-state index contributed by atoms with van der Waals surface area (Å²) < 4.78 is 201. The third-order valence-electron chi connectivity index (χ3n) is 5.01. The second kappa shape index (κ2) is 11.7. The van der Waals surface area contributed by atoms with Gasteiger partial charge in [-0.1, -0.05) is 60.7 Å². The molecule has 0 aliphatic carbocycles. The Labute approximate surface area is 244 Å². The molecule has 0 saturated carbocycles. The summed E-state index contributed by atoms with van der Waals surface area (Å²) in [6, 6.07) is 9.16. The van der Waals surface area contributed by atoms with E-state index in [9.17, 15) is 77.8 Å². The highest BCUT2D eigenvalue weighted by Crippen LogP contribution is 2.42. The molecule has 0 unspecified atom stereocenters. The van der Waals surface area contributed by atoms with Crippen LogP contribution < -0.4 is 0 Å². The highest BCUT2D eigenvalue weighted by atomic mass is 32.3. The minimum Gasteiger partial charge on any atom is -0.296 e. The maximum Gasteiger partial charge on any atom is 0.344 e. The Balaban J connectivity index is 3.40. The first-order valence-corrected chi connectivity index (χ1v) is 18.8. The van der Waals surface area contributed by atoms with Crippen LogP contribution in [0.25, 0.3) is 9.81 Å². The largest absolute Gasteiger partial charge is 0.344 e. The molecule has 0 heterocycles. The number of hydrogen-bond donors (Lipinski definition) is 6. The van der Waals surface area contributed by atoms with E-state index in [0.29, 0.717) is 24.3 Å². The molecule has 6 N–H and O–H groups in total. The van der Waals surface area contributed by atoms with E-state index in [1.54, 1.807) is 0 Å². The van der Waals surface area contributed by atoms with Gasteiger partial charge in [0.1, 0.15) is 9.81 Å². The van der Waals surface area contributed by atoms with Crippen LogP contribution in [0.1, 0.15) is 11.1 Å². The van der Waals surface area contributed by atoms with E-state index >= 15 is 0 Å². The molecule has 25 heteroatoms. The van der Waals surface area contributed by atoms with Gasteiger partial charge in [0.25, 0.3) is 20.2 Å². The van der Waals surface area contributed by atoms with Crippen LogP contribution in [0.5, 0.6) is 0 Å². The van der Waals surface area contributed by atoms with E-state index in [4.69, 9.17) is 0 Å². The van der Waals surface area contributed by atoms with Gasteiger partial charge in [-0.15, -0.1) is 0 Å². The highest BCUT2D eigenvalue weighted by Gasteiger charge is 2.68. The molecule has 0 radical (unpaired) electrons. The summed E-state index contributed by atoms with van der Waals surface area (Å²) in [6.07, 6.45) is -1.90. The number of hydrogen-bond acceptors (Lipinski definition) is 13. The van der Waals surface area contributed by atoms with Crippen molar-refractivity contribution in [2.45, 2.75) is 8.53 Å². The molecule has 0 atom stereocenters. The van der Waals surface area contributed by atoms with Gasteiger partial charge in [0.05, 0.1) is 0 Å². The Morgan fingerprint density at radius 3 is 0.884 bits per heavy atom. The first-order chi connectivity index (χ1) is 19.1. The van der Waals surface area contributed by atoms with Gasteiger partial charge in [-0.25, -0.2) is 0 Å². The molecule has 0 spiro atoms. The molecule has 19 nitrogen and oxygen atoms in total. The van der Waals surface area contributed by atoms with Crippen LogP contribution in [0.2, 0.25) is 0 Å². The van der Waals surface area contributed by atoms with Crippen LogP contribution in [0.3, 0.4) is 0 Å². The number of ether oxygens (including phenoxy) is 1. The zero-order valence-corrected chi connectivity index (χ0v) is 25.3. The quantitative estimate of drug-likeness (QED) is 0.153. The van der Waals surface area contributed by atoms with E-state index in [1.165, 1.54) is 12.1 Å². The Hall–Kier alpha value is -2.66. The van der Waals surface area contributed by atoms with Gasteiger partial charge in [0.15, 0.2) is 0 Å². The second-order valence-corrected chi connectivity index (χ2v) is 17.4. The predicted molar refractivity (Wildman–Crippen MR) is 145 cm³/mol. The average Bonchev–Trinajstić information content (AvgIpc) is 2.80. The van der Waals surface area contributed by atoms with E-state index in [-0.39, 0.29) is 0 Å². The summed E-state index contributed by atoms with van der Waals surface area (Å²) in [5.74, 6) is 0. The molecule has 0 amide bonds. The van der Waals surface area contributed by atoms with E-state index in [2.05, 4.69) is 4.74 Å². The molecule has 240 valence electrons. The third kappa shape index (κ3) is 7.53. The van der Waals surface area contributed by atoms with Gasteiger partial charge in [-0.3, -0.25) is 32.1 Å². The topological polar surface area (TPSA) is 335 Å². The maximum atomic E-state index is 12.5. The van der Waals surface area contributed by atoms with Gasteiger partial charge in [-0.2, -0.15) is 50.5 Å². The van der Waals surface area contributed by atoms with Crippen molar-refractivity contribution in [1.29, 1.82) is 0 Å². The van der Waals surface area contributed by atoms with Crippen molar-refractivity contribution in [2.75, 3.05) is 0 Å². The summed E-state index contributed by atoms with van der Waals surface area (Å²) >= 11 is 0. The minimum absolute atomic E-state index is 0.711. The zero-order valence-electron chi connectivity index (χ0n) is 20.4. The molecule has 0 aliphatic rings. The molecule has 0 fully saturated rings. The van der Waals surface area contributed by atoms with Crippen LogP contribution >= 0.6 is 0 Å². The summed E-state index contributed by atoms with van der Waals surface area (Å²) in [5, 5.41) is 0. The first kappa shape index (κ1) is 36.5. The summed E-state index contributed by atoms with van der Waals surface area (Å²) in [7, 11) is -40.0. The molecule has 0 saturated heterocycles. The molecule has 43 heavy (non-hydrogen) atoms. The lowest BCUT2D eigenvalue weighted by Gasteiger charge is -2.33. The highest BCUT2D eigenvalue weighted by molar-refractivity contribution is 8.07. The smallest absolute Gasteiger partial charge is 0.296 e. The standard InChI is InChI=1S/C18H18O19S6/c19-38(20,21)15(13-7-3-1-4-8-13)11-17(40(25,26)27,41(28,29)30)37-18(42(31,32)33,43(34,35)36)12-16(39(22,23)24)14-9-5-2-6-10-14/h1-12H,(H,19,20,21)(H,22,23,24)(H,25,26,27)(H,28,29,30)(H,31,32,33)(H,34,35,36). The fourth-order valence-corrected chi connectivity index (χ4v) is 9.32. The molecule has 0 bridgehead atoms. The lowest BCUT2D eigenvalue weighted by molar-refractivity contribution is 0.0564. The molecule has 0 aromatic heterocycles. The lowest BCUT2D eigenvalue weighted by atomic mass is 10.2.